The number of benzene rings is 1. The smallest absolute Gasteiger partial charge is 0.292 e. The summed E-state index contributed by atoms with van der Waals surface area (Å²) >= 11 is 7.47. The van der Waals surface area contributed by atoms with Crippen LogP contribution in [0.4, 0.5) is 9.52 Å². The topological polar surface area (TPSA) is 60.2 Å². The first-order valence-corrected chi connectivity index (χ1v) is 8.94. The average Bonchev–Trinajstić information content (AvgIpc) is 3.08. The lowest BCUT2D eigenvalue weighted by Gasteiger charge is -2.25. The van der Waals surface area contributed by atoms with Crippen molar-refractivity contribution in [3.8, 4) is 0 Å². The number of nitrogens with zero attached hydrogens (tertiary/aromatic N) is 4. The molecule has 1 aliphatic rings. The van der Waals surface area contributed by atoms with Crippen molar-refractivity contribution in [1.29, 1.82) is 0 Å². The Labute approximate surface area is 151 Å². The van der Waals surface area contributed by atoms with Crippen LogP contribution in [0.5, 0.6) is 0 Å². The van der Waals surface area contributed by atoms with Gasteiger partial charge in [0.15, 0.2) is 10.8 Å². The van der Waals surface area contributed by atoms with E-state index in [-0.39, 0.29) is 17.9 Å². The molecule has 0 aliphatic carbocycles. The van der Waals surface area contributed by atoms with Crippen molar-refractivity contribution < 1.29 is 9.13 Å². The van der Waals surface area contributed by atoms with Gasteiger partial charge in [-0.2, -0.15) is 4.98 Å². The van der Waals surface area contributed by atoms with Gasteiger partial charge in [-0.25, -0.2) is 9.37 Å². The molecule has 1 saturated heterocycles. The third-order valence-corrected chi connectivity index (χ3v) is 5.47. The fourth-order valence-corrected chi connectivity index (χ4v) is 3.92. The molecule has 0 radical (unpaired) electrons. The van der Waals surface area contributed by atoms with Crippen LogP contribution in [0.3, 0.4) is 0 Å². The molecule has 6 nitrogen and oxygen atoms in total. The molecule has 0 spiro atoms. The molecule has 0 amide bonds. The molecule has 1 aromatic carbocycles. The molecule has 0 unspecified atom stereocenters. The normalized spacial score (nSPS) is 15.0. The Kier molecular flexibility index (Phi) is 4.41. The second kappa shape index (κ2) is 6.70. The van der Waals surface area contributed by atoms with Crippen LogP contribution < -0.4 is 10.5 Å². The van der Waals surface area contributed by atoms with Crippen LogP contribution in [0.2, 0.25) is 5.02 Å². The highest BCUT2D eigenvalue weighted by Gasteiger charge is 2.18. The predicted molar refractivity (Wildman–Crippen MR) is 95.2 cm³/mol. The maximum Gasteiger partial charge on any atom is 0.292 e. The summed E-state index contributed by atoms with van der Waals surface area (Å²) in [5.74, 6) is -0.364. The lowest BCUT2D eigenvalue weighted by Crippen LogP contribution is -2.36. The van der Waals surface area contributed by atoms with Gasteiger partial charge >= 0.3 is 0 Å². The van der Waals surface area contributed by atoms with E-state index in [1.54, 1.807) is 4.57 Å². The highest BCUT2D eigenvalue weighted by atomic mass is 35.5. The van der Waals surface area contributed by atoms with E-state index in [0.29, 0.717) is 34.1 Å². The summed E-state index contributed by atoms with van der Waals surface area (Å²) in [6, 6.07) is 4.20. The Morgan fingerprint density at radius 1 is 1.32 bits per heavy atom. The van der Waals surface area contributed by atoms with E-state index in [1.165, 1.54) is 35.9 Å². The quantitative estimate of drug-likeness (QED) is 0.698. The van der Waals surface area contributed by atoms with Gasteiger partial charge in [-0.15, -0.1) is 0 Å². The van der Waals surface area contributed by atoms with E-state index < -0.39 is 0 Å². The molecule has 1 fully saturated rings. The number of thiazole rings is 1. The summed E-state index contributed by atoms with van der Waals surface area (Å²) < 4.78 is 21.1. The number of aromatic nitrogens is 3. The average molecular weight is 381 g/mol. The van der Waals surface area contributed by atoms with Gasteiger partial charge in [0.2, 0.25) is 0 Å². The molecule has 3 heterocycles. The number of halogens is 2. The fraction of sp³-hybridized carbons (Fsp3) is 0.312. The Morgan fingerprint density at radius 3 is 2.92 bits per heavy atom. The number of ether oxygens (including phenoxy) is 1. The Balaban J connectivity index is 1.76. The minimum Gasteiger partial charge on any atom is -0.378 e. The first-order valence-electron chi connectivity index (χ1n) is 7.74. The molecule has 0 N–H and O–H groups in total. The van der Waals surface area contributed by atoms with Crippen molar-refractivity contribution in [3.05, 3.63) is 51.3 Å². The van der Waals surface area contributed by atoms with E-state index in [4.69, 9.17) is 16.3 Å². The Hall–Kier alpha value is -2.03. The maximum absolute atomic E-state index is 13.5. The molecular formula is C16H14ClFN4O2S. The molecule has 3 aromatic rings. The van der Waals surface area contributed by atoms with Crippen molar-refractivity contribution in [2.45, 2.75) is 6.54 Å². The second-order valence-electron chi connectivity index (χ2n) is 5.66. The van der Waals surface area contributed by atoms with E-state index in [9.17, 15) is 9.18 Å². The molecule has 1 aliphatic heterocycles. The monoisotopic (exact) mass is 380 g/mol. The first kappa shape index (κ1) is 16.4. The maximum atomic E-state index is 13.5. The van der Waals surface area contributed by atoms with Crippen LogP contribution in [0.1, 0.15) is 5.56 Å². The number of rotatable bonds is 3. The van der Waals surface area contributed by atoms with E-state index in [2.05, 4.69) is 14.9 Å². The standard InChI is InChI=1S/C16H14ClFN4O2S/c17-12-2-1-11(18)7-10(12)8-22-9-19-15(23)13-14(22)20-16(25-13)21-3-5-24-6-4-21/h1-2,7,9H,3-6,8H2. The van der Waals surface area contributed by atoms with Gasteiger partial charge in [0.05, 0.1) is 19.8 Å². The zero-order chi connectivity index (χ0) is 17.4. The van der Waals surface area contributed by atoms with Gasteiger partial charge in [0.1, 0.15) is 16.8 Å². The van der Waals surface area contributed by atoms with Crippen molar-refractivity contribution in [2.75, 3.05) is 31.2 Å². The third-order valence-electron chi connectivity index (χ3n) is 4.01. The Morgan fingerprint density at radius 2 is 2.12 bits per heavy atom. The van der Waals surface area contributed by atoms with Gasteiger partial charge in [-0.1, -0.05) is 22.9 Å². The van der Waals surface area contributed by atoms with E-state index in [0.717, 1.165) is 18.2 Å². The minimum absolute atomic E-state index is 0.284. The zero-order valence-electron chi connectivity index (χ0n) is 13.1. The van der Waals surface area contributed by atoms with Gasteiger partial charge < -0.3 is 14.2 Å². The van der Waals surface area contributed by atoms with Gasteiger partial charge in [-0.3, -0.25) is 4.79 Å². The highest BCUT2D eigenvalue weighted by Crippen LogP contribution is 2.27. The summed E-state index contributed by atoms with van der Waals surface area (Å²) in [6.45, 7) is 3.02. The molecule has 0 bridgehead atoms. The summed E-state index contributed by atoms with van der Waals surface area (Å²) in [4.78, 5) is 22.7. The largest absolute Gasteiger partial charge is 0.378 e. The van der Waals surface area contributed by atoms with Crippen molar-refractivity contribution >= 4 is 38.4 Å². The van der Waals surface area contributed by atoms with Crippen LogP contribution in [-0.2, 0) is 11.3 Å². The Bertz CT molecular complexity index is 984. The predicted octanol–water partition coefficient (Wildman–Crippen LogP) is 2.53. The molecule has 0 atom stereocenters. The highest BCUT2D eigenvalue weighted by molar-refractivity contribution is 7.22. The summed E-state index contributed by atoms with van der Waals surface area (Å²) in [6.07, 6.45) is 1.43. The molecule has 0 saturated carbocycles. The van der Waals surface area contributed by atoms with Gasteiger partial charge in [0, 0.05) is 18.1 Å². The summed E-state index contributed by atoms with van der Waals surface area (Å²) in [5.41, 5.74) is 0.828. The molecule has 4 rings (SSSR count). The minimum atomic E-state index is -0.364. The number of hydrogen-bond acceptors (Lipinski definition) is 6. The lowest BCUT2D eigenvalue weighted by molar-refractivity contribution is 0.122. The van der Waals surface area contributed by atoms with E-state index >= 15 is 0 Å². The lowest BCUT2D eigenvalue weighted by atomic mass is 10.2. The number of anilines is 1. The number of fused-ring (bicyclic) bond motifs is 1. The van der Waals surface area contributed by atoms with Crippen LogP contribution in [0.15, 0.2) is 29.3 Å². The van der Waals surface area contributed by atoms with Gasteiger partial charge in [0.25, 0.3) is 5.56 Å². The van der Waals surface area contributed by atoms with Crippen molar-refractivity contribution in [1.82, 2.24) is 14.5 Å². The third kappa shape index (κ3) is 3.24. The summed E-state index contributed by atoms with van der Waals surface area (Å²) in [7, 11) is 0. The van der Waals surface area contributed by atoms with E-state index in [1.807, 2.05) is 0 Å². The second-order valence-corrected chi connectivity index (χ2v) is 7.05. The van der Waals surface area contributed by atoms with Crippen molar-refractivity contribution in [2.24, 2.45) is 0 Å². The zero-order valence-corrected chi connectivity index (χ0v) is 14.7. The summed E-state index contributed by atoms with van der Waals surface area (Å²) in [5, 5.41) is 1.22. The SMILES string of the molecule is O=c1ncn(Cc2cc(F)ccc2Cl)c2nc(N3CCOCC3)sc12. The van der Waals surface area contributed by atoms with Crippen LogP contribution in [-0.4, -0.2) is 40.8 Å². The van der Waals surface area contributed by atoms with Crippen molar-refractivity contribution in [3.63, 3.8) is 0 Å². The first-order chi connectivity index (χ1) is 12.1. The van der Waals surface area contributed by atoms with Crippen LogP contribution in [0.25, 0.3) is 10.3 Å². The number of morpholine rings is 1. The molecular weight excluding hydrogens is 367 g/mol. The fourth-order valence-electron chi connectivity index (χ4n) is 2.72. The van der Waals surface area contributed by atoms with Gasteiger partial charge in [-0.05, 0) is 23.8 Å². The molecule has 130 valence electrons. The van der Waals surface area contributed by atoms with Crippen LogP contribution in [0, 0.1) is 5.82 Å². The van der Waals surface area contributed by atoms with Crippen LogP contribution >= 0.6 is 22.9 Å². The number of hydrogen-bond donors (Lipinski definition) is 0. The molecule has 9 heteroatoms. The molecule has 25 heavy (non-hydrogen) atoms. The molecule has 2 aromatic heterocycles.